The summed E-state index contributed by atoms with van der Waals surface area (Å²) in [6.45, 7) is 7.01. The average Bonchev–Trinajstić information content (AvgIpc) is 2.48. The van der Waals surface area contributed by atoms with Crippen LogP contribution in [0.25, 0.3) is 0 Å². The SMILES string of the molecule is CC(C)N1CCC(/C=C\CO)C1. The maximum atomic E-state index is 8.60. The fraction of sp³-hybridized carbons (Fsp3) is 0.800. The van der Waals surface area contributed by atoms with Crippen molar-refractivity contribution in [1.29, 1.82) is 0 Å². The molecule has 2 nitrogen and oxygen atoms in total. The van der Waals surface area contributed by atoms with Gasteiger partial charge in [-0.1, -0.05) is 12.2 Å². The van der Waals surface area contributed by atoms with Crippen LogP contribution in [0.5, 0.6) is 0 Å². The van der Waals surface area contributed by atoms with Crippen LogP contribution in [0.15, 0.2) is 12.2 Å². The van der Waals surface area contributed by atoms with Gasteiger partial charge < -0.3 is 10.0 Å². The molecule has 1 saturated heterocycles. The maximum Gasteiger partial charge on any atom is 0.0612 e. The third-order valence-corrected chi connectivity index (χ3v) is 2.50. The average molecular weight is 169 g/mol. The van der Waals surface area contributed by atoms with Crippen LogP contribution in [0.2, 0.25) is 0 Å². The zero-order valence-corrected chi connectivity index (χ0v) is 8.03. The van der Waals surface area contributed by atoms with E-state index in [0.717, 1.165) is 6.54 Å². The van der Waals surface area contributed by atoms with Gasteiger partial charge in [0, 0.05) is 12.6 Å². The van der Waals surface area contributed by atoms with Gasteiger partial charge in [0.25, 0.3) is 0 Å². The smallest absolute Gasteiger partial charge is 0.0612 e. The minimum absolute atomic E-state index is 0.179. The zero-order valence-electron chi connectivity index (χ0n) is 8.03. The molecule has 1 atom stereocenters. The van der Waals surface area contributed by atoms with Crippen LogP contribution in [0, 0.1) is 5.92 Å². The normalized spacial score (nSPS) is 26.2. The Morgan fingerprint density at radius 3 is 2.83 bits per heavy atom. The lowest BCUT2D eigenvalue weighted by Crippen LogP contribution is -2.27. The van der Waals surface area contributed by atoms with Crippen LogP contribution < -0.4 is 0 Å². The maximum absolute atomic E-state index is 8.60. The summed E-state index contributed by atoms with van der Waals surface area (Å²) in [5, 5.41) is 8.60. The predicted octanol–water partition coefficient (Wildman–Crippen LogP) is 1.27. The molecule has 0 saturated carbocycles. The van der Waals surface area contributed by atoms with E-state index in [4.69, 9.17) is 5.11 Å². The van der Waals surface area contributed by atoms with Gasteiger partial charge in [-0.15, -0.1) is 0 Å². The Labute approximate surface area is 74.9 Å². The van der Waals surface area contributed by atoms with Crippen LogP contribution in [0.3, 0.4) is 0 Å². The molecule has 1 fully saturated rings. The van der Waals surface area contributed by atoms with Gasteiger partial charge in [0.1, 0.15) is 0 Å². The fourth-order valence-corrected chi connectivity index (χ4v) is 1.69. The highest BCUT2D eigenvalue weighted by Crippen LogP contribution is 2.19. The third-order valence-electron chi connectivity index (χ3n) is 2.50. The number of hydrogen-bond donors (Lipinski definition) is 1. The molecule has 1 aliphatic rings. The molecule has 2 heteroatoms. The fourth-order valence-electron chi connectivity index (χ4n) is 1.69. The highest BCUT2D eigenvalue weighted by atomic mass is 16.2. The first-order chi connectivity index (χ1) is 5.74. The lowest BCUT2D eigenvalue weighted by molar-refractivity contribution is 0.270. The molecule has 1 unspecified atom stereocenters. The standard InChI is InChI=1S/C10H19NO/c1-9(2)11-6-5-10(8-11)4-3-7-12/h3-4,9-10,12H,5-8H2,1-2H3/b4-3-. The molecule has 0 bridgehead atoms. The Bertz CT molecular complexity index is 154. The zero-order chi connectivity index (χ0) is 8.97. The van der Waals surface area contributed by atoms with Crippen LogP contribution >= 0.6 is 0 Å². The molecule has 1 rings (SSSR count). The van der Waals surface area contributed by atoms with Crippen molar-refractivity contribution in [2.45, 2.75) is 26.3 Å². The molecule has 12 heavy (non-hydrogen) atoms. The quantitative estimate of drug-likeness (QED) is 0.643. The molecule has 1 N–H and O–H groups in total. The molecular weight excluding hydrogens is 150 g/mol. The molecule has 0 amide bonds. The molecule has 0 aromatic rings. The van der Waals surface area contributed by atoms with Gasteiger partial charge in [-0.05, 0) is 32.7 Å². The number of aliphatic hydroxyl groups excluding tert-OH is 1. The summed E-state index contributed by atoms with van der Waals surface area (Å²) in [5.41, 5.74) is 0. The largest absolute Gasteiger partial charge is 0.392 e. The Balaban J connectivity index is 2.30. The second-order valence-electron chi connectivity index (χ2n) is 3.75. The summed E-state index contributed by atoms with van der Waals surface area (Å²) in [5.74, 6) is 0.666. The first-order valence-corrected chi connectivity index (χ1v) is 4.75. The summed E-state index contributed by atoms with van der Waals surface area (Å²) in [7, 11) is 0. The van der Waals surface area contributed by atoms with Crippen molar-refractivity contribution < 1.29 is 5.11 Å². The van der Waals surface area contributed by atoms with E-state index in [0.29, 0.717) is 12.0 Å². The minimum Gasteiger partial charge on any atom is -0.392 e. The molecule has 0 aliphatic carbocycles. The Morgan fingerprint density at radius 1 is 1.58 bits per heavy atom. The van der Waals surface area contributed by atoms with Crippen molar-refractivity contribution in [1.82, 2.24) is 4.90 Å². The molecule has 0 spiro atoms. The number of aliphatic hydroxyl groups is 1. The summed E-state index contributed by atoms with van der Waals surface area (Å²) in [6.07, 6.45) is 5.24. The predicted molar refractivity (Wildman–Crippen MR) is 51.0 cm³/mol. The van der Waals surface area contributed by atoms with Gasteiger partial charge in [0.05, 0.1) is 6.61 Å². The van der Waals surface area contributed by atoms with Crippen molar-refractivity contribution in [3.8, 4) is 0 Å². The van der Waals surface area contributed by atoms with Crippen molar-refractivity contribution in [3.05, 3.63) is 12.2 Å². The highest BCUT2D eigenvalue weighted by Gasteiger charge is 2.21. The van der Waals surface area contributed by atoms with Crippen LogP contribution in [-0.2, 0) is 0 Å². The van der Waals surface area contributed by atoms with E-state index in [1.165, 1.54) is 13.0 Å². The molecule has 0 aromatic heterocycles. The van der Waals surface area contributed by atoms with Gasteiger partial charge in [0.15, 0.2) is 0 Å². The number of rotatable bonds is 3. The highest BCUT2D eigenvalue weighted by molar-refractivity contribution is 4.93. The summed E-state index contributed by atoms with van der Waals surface area (Å²) < 4.78 is 0. The lowest BCUT2D eigenvalue weighted by Gasteiger charge is -2.19. The van der Waals surface area contributed by atoms with Crippen LogP contribution in [0.4, 0.5) is 0 Å². The van der Waals surface area contributed by atoms with Gasteiger partial charge in [-0.3, -0.25) is 0 Å². The summed E-state index contributed by atoms with van der Waals surface area (Å²) in [4.78, 5) is 2.48. The van der Waals surface area contributed by atoms with Crippen molar-refractivity contribution in [2.24, 2.45) is 5.92 Å². The van der Waals surface area contributed by atoms with Crippen LogP contribution in [-0.4, -0.2) is 35.7 Å². The first kappa shape index (κ1) is 9.75. The molecule has 1 aliphatic heterocycles. The van der Waals surface area contributed by atoms with Gasteiger partial charge in [-0.25, -0.2) is 0 Å². The second kappa shape index (κ2) is 4.63. The van der Waals surface area contributed by atoms with Crippen molar-refractivity contribution >= 4 is 0 Å². The Hall–Kier alpha value is -0.340. The molecule has 0 radical (unpaired) electrons. The van der Waals surface area contributed by atoms with E-state index >= 15 is 0 Å². The number of nitrogens with zero attached hydrogens (tertiary/aromatic N) is 1. The molecule has 70 valence electrons. The molecule has 1 heterocycles. The summed E-state index contributed by atoms with van der Waals surface area (Å²) in [6, 6.07) is 0.664. The van der Waals surface area contributed by atoms with E-state index in [-0.39, 0.29) is 6.61 Å². The van der Waals surface area contributed by atoms with E-state index in [1.54, 1.807) is 0 Å². The Morgan fingerprint density at radius 2 is 2.33 bits per heavy atom. The minimum atomic E-state index is 0.179. The Kier molecular flexibility index (Phi) is 3.76. The van der Waals surface area contributed by atoms with Gasteiger partial charge in [0.2, 0.25) is 0 Å². The van der Waals surface area contributed by atoms with Gasteiger partial charge >= 0.3 is 0 Å². The van der Waals surface area contributed by atoms with Crippen LogP contribution in [0.1, 0.15) is 20.3 Å². The monoisotopic (exact) mass is 169 g/mol. The molecular formula is C10H19NO. The summed E-state index contributed by atoms with van der Waals surface area (Å²) >= 11 is 0. The number of hydrogen-bond acceptors (Lipinski definition) is 2. The van der Waals surface area contributed by atoms with Crippen molar-refractivity contribution in [2.75, 3.05) is 19.7 Å². The van der Waals surface area contributed by atoms with Gasteiger partial charge in [-0.2, -0.15) is 0 Å². The molecule has 0 aromatic carbocycles. The van der Waals surface area contributed by atoms with E-state index in [9.17, 15) is 0 Å². The lowest BCUT2D eigenvalue weighted by atomic mass is 10.1. The third kappa shape index (κ3) is 2.61. The number of likely N-dealkylation sites (tertiary alicyclic amines) is 1. The van der Waals surface area contributed by atoms with Crippen molar-refractivity contribution in [3.63, 3.8) is 0 Å². The van der Waals surface area contributed by atoms with E-state index in [2.05, 4.69) is 24.8 Å². The van der Waals surface area contributed by atoms with E-state index < -0.39 is 0 Å². The van der Waals surface area contributed by atoms with E-state index in [1.807, 2.05) is 6.08 Å². The first-order valence-electron chi connectivity index (χ1n) is 4.75. The topological polar surface area (TPSA) is 23.5 Å². The second-order valence-corrected chi connectivity index (χ2v) is 3.75.